The second kappa shape index (κ2) is 10.7. The number of hydrogen-bond donors (Lipinski definition) is 2. The highest BCUT2D eigenvalue weighted by Crippen LogP contribution is 2.40. The molecule has 1 heterocycles. The van der Waals surface area contributed by atoms with Crippen molar-refractivity contribution in [2.45, 2.75) is 13.0 Å². The summed E-state index contributed by atoms with van der Waals surface area (Å²) in [6.07, 6.45) is 0. The number of aliphatic hydroxyl groups excluding tert-OH is 2. The molecule has 2 aromatic carbocycles. The van der Waals surface area contributed by atoms with Crippen molar-refractivity contribution in [2.24, 2.45) is 0 Å². The zero-order valence-corrected chi connectivity index (χ0v) is 18.0. The summed E-state index contributed by atoms with van der Waals surface area (Å²) in [5.41, 5.74) is 0.212. The molecule has 0 bridgehead atoms. The molecular weight excluding hydrogens is 432 g/mol. The van der Waals surface area contributed by atoms with Gasteiger partial charge in [-0.15, -0.1) is 0 Å². The van der Waals surface area contributed by atoms with Crippen molar-refractivity contribution >= 4 is 23.1 Å². The molecule has 0 aliphatic carbocycles. The van der Waals surface area contributed by atoms with Crippen molar-refractivity contribution in [3.05, 3.63) is 75.3 Å². The summed E-state index contributed by atoms with van der Waals surface area (Å²) in [6.45, 7) is 2.16. The van der Waals surface area contributed by atoms with Crippen LogP contribution in [0.25, 0.3) is 5.76 Å². The van der Waals surface area contributed by atoms with E-state index in [1.807, 2.05) is 6.92 Å². The molecule has 1 fully saturated rings. The molecule has 1 atom stereocenters. The molecule has 1 saturated heterocycles. The van der Waals surface area contributed by atoms with E-state index in [1.165, 1.54) is 23.1 Å². The highest BCUT2D eigenvalue weighted by atomic mass is 16.6. The molecule has 1 aliphatic heterocycles. The van der Waals surface area contributed by atoms with Crippen molar-refractivity contribution < 1.29 is 34.2 Å². The second-order valence-electron chi connectivity index (χ2n) is 7.14. The zero-order chi connectivity index (χ0) is 24.0. The Bertz CT molecular complexity index is 1060. The number of nitro benzene ring substituents is 1. The normalized spacial score (nSPS) is 17.4. The van der Waals surface area contributed by atoms with Crippen LogP contribution in [0.4, 0.5) is 5.69 Å². The summed E-state index contributed by atoms with van der Waals surface area (Å²) in [5.74, 6) is -1.58. The van der Waals surface area contributed by atoms with E-state index in [9.17, 15) is 24.8 Å². The second-order valence-corrected chi connectivity index (χ2v) is 7.14. The molecule has 0 saturated carbocycles. The molecule has 3 rings (SSSR count). The van der Waals surface area contributed by atoms with Gasteiger partial charge in [0.05, 0.1) is 43.0 Å². The average Bonchev–Trinajstić information content (AvgIpc) is 3.07. The first kappa shape index (κ1) is 23.9. The highest BCUT2D eigenvalue weighted by Gasteiger charge is 2.46. The maximum absolute atomic E-state index is 12.9. The number of nitro groups is 1. The van der Waals surface area contributed by atoms with E-state index in [0.717, 1.165) is 0 Å². The Morgan fingerprint density at radius 1 is 1.15 bits per heavy atom. The maximum atomic E-state index is 12.9. The molecule has 1 aliphatic rings. The zero-order valence-electron chi connectivity index (χ0n) is 18.0. The number of aliphatic hydroxyl groups is 2. The lowest BCUT2D eigenvalue weighted by Crippen LogP contribution is -2.33. The molecule has 0 aromatic heterocycles. The van der Waals surface area contributed by atoms with E-state index >= 15 is 0 Å². The van der Waals surface area contributed by atoms with Crippen LogP contribution in [0.1, 0.15) is 24.1 Å². The first-order valence-electron chi connectivity index (χ1n) is 10.3. The number of likely N-dealkylation sites (tertiary alicyclic amines) is 1. The minimum absolute atomic E-state index is 0.0159. The number of amides is 1. The summed E-state index contributed by atoms with van der Waals surface area (Å²) in [6, 6.07) is 10.9. The van der Waals surface area contributed by atoms with Gasteiger partial charge in [0.25, 0.3) is 17.4 Å². The standard InChI is InChI=1S/C23H24N2O8/c1-2-33-18-8-6-15(7-9-18)21(27)19-20(16-4-3-5-17(14-16)25(30)31)24(23(29)22(19)28)10-12-32-13-11-26/h3-9,14,20,26-27H,2,10-13H2,1H3/b21-19+/t20-/m0/s1. The van der Waals surface area contributed by atoms with Gasteiger partial charge in [-0.1, -0.05) is 12.1 Å². The van der Waals surface area contributed by atoms with Gasteiger partial charge >= 0.3 is 0 Å². The molecule has 10 heteroatoms. The Labute approximate surface area is 189 Å². The van der Waals surface area contributed by atoms with Crippen LogP contribution < -0.4 is 4.74 Å². The van der Waals surface area contributed by atoms with Crippen LogP contribution in [0, 0.1) is 10.1 Å². The quantitative estimate of drug-likeness (QED) is 0.139. The third kappa shape index (κ3) is 5.18. The number of carbonyl (C=O) groups excluding carboxylic acids is 2. The number of benzene rings is 2. The van der Waals surface area contributed by atoms with Crippen LogP contribution in [0.2, 0.25) is 0 Å². The molecule has 1 amide bonds. The van der Waals surface area contributed by atoms with Gasteiger partial charge in [0.1, 0.15) is 11.5 Å². The first-order valence-corrected chi connectivity index (χ1v) is 10.3. The molecule has 10 nitrogen and oxygen atoms in total. The van der Waals surface area contributed by atoms with Gasteiger partial charge in [-0.2, -0.15) is 0 Å². The lowest BCUT2D eigenvalue weighted by atomic mass is 9.95. The summed E-state index contributed by atoms with van der Waals surface area (Å²) >= 11 is 0. The molecule has 33 heavy (non-hydrogen) atoms. The number of rotatable bonds is 10. The minimum atomic E-state index is -1.05. The fraction of sp³-hybridized carbons (Fsp3) is 0.304. The monoisotopic (exact) mass is 456 g/mol. The fourth-order valence-corrected chi connectivity index (χ4v) is 3.63. The number of Topliss-reactive ketones (excluding diaryl/α,β-unsaturated/α-hetero) is 1. The van der Waals surface area contributed by atoms with Crippen LogP contribution in [0.5, 0.6) is 5.75 Å². The summed E-state index contributed by atoms with van der Waals surface area (Å²) in [4.78, 5) is 37.7. The number of ether oxygens (including phenoxy) is 2. The molecule has 2 N–H and O–H groups in total. The summed E-state index contributed by atoms with van der Waals surface area (Å²) in [7, 11) is 0. The smallest absolute Gasteiger partial charge is 0.295 e. The van der Waals surface area contributed by atoms with Crippen molar-refractivity contribution in [1.29, 1.82) is 0 Å². The van der Waals surface area contributed by atoms with E-state index in [4.69, 9.17) is 14.6 Å². The van der Waals surface area contributed by atoms with E-state index in [2.05, 4.69) is 0 Å². The van der Waals surface area contributed by atoms with Crippen LogP contribution in [-0.4, -0.2) is 64.7 Å². The van der Waals surface area contributed by atoms with E-state index in [-0.39, 0.29) is 37.6 Å². The molecular formula is C23H24N2O8. The van der Waals surface area contributed by atoms with Crippen LogP contribution in [-0.2, 0) is 14.3 Å². The number of ketones is 1. The molecule has 0 unspecified atom stereocenters. The van der Waals surface area contributed by atoms with Crippen molar-refractivity contribution in [2.75, 3.05) is 33.0 Å². The minimum Gasteiger partial charge on any atom is -0.507 e. The fourth-order valence-electron chi connectivity index (χ4n) is 3.63. The Kier molecular flexibility index (Phi) is 7.75. The van der Waals surface area contributed by atoms with E-state index < -0.39 is 28.4 Å². The number of carbonyl (C=O) groups is 2. The average molecular weight is 456 g/mol. The van der Waals surface area contributed by atoms with Gasteiger partial charge in [0.15, 0.2) is 0 Å². The molecule has 174 valence electrons. The molecule has 2 aromatic rings. The van der Waals surface area contributed by atoms with Crippen molar-refractivity contribution in [3.8, 4) is 5.75 Å². The third-order valence-electron chi connectivity index (χ3n) is 5.09. The third-order valence-corrected chi connectivity index (χ3v) is 5.09. The van der Waals surface area contributed by atoms with Gasteiger partial charge in [-0.3, -0.25) is 19.7 Å². The van der Waals surface area contributed by atoms with Crippen LogP contribution in [0.3, 0.4) is 0 Å². The van der Waals surface area contributed by atoms with Gasteiger partial charge in [0.2, 0.25) is 0 Å². The number of hydrogen-bond acceptors (Lipinski definition) is 8. The Morgan fingerprint density at radius 2 is 1.88 bits per heavy atom. The van der Waals surface area contributed by atoms with Gasteiger partial charge < -0.3 is 24.6 Å². The summed E-state index contributed by atoms with van der Waals surface area (Å²) < 4.78 is 10.6. The van der Waals surface area contributed by atoms with Gasteiger partial charge in [-0.05, 0) is 36.8 Å². The largest absolute Gasteiger partial charge is 0.507 e. The lowest BCUT2D eigenvalue weighted by Gasteiger charge is -2.25. The molecule has 0 radical (unpaired) electrons. The maximum Gasteiger partial charge on any atom is 0.295 e. The van der Waals surface area contributed by atoms with E-state index in [1.54, 1.807) is 30.3 Å². The topological polar surface area (TPSA) is 139 Å². The predicted octanol–water partition coefficient (Wildman–Crippen LogP) is 2.42. The highest BCUT2D eigenvalue weighted by molar-refractivity contribution is 6.46. The predicted molar refractivity (Wildman–Crippen MR) is 118 cm³/mol. The van der Waals surface area contributed by atoms with Gasteiger partial charge in [0, 0.05) is 24.2 Å². The number of nitrogens with zero attached hydrogens (tertiary/aromatic N) is 2. The Balaban J connectivity index is 2.08. The lowest BCUT2D eigenvalue weighted by molar-refractivity contribution is -0.384. The van der Waals surface area contributed by atoms with Crippen LogP contribution >= 0.6 is 0 Å². The summed E-state index contributed by atoms with van der Waals surface area (Å²) in [5, 5.41) is 31.2. The Hall–Kier alpha value is -3.76. The first-order chi connectivity index (χ1) is 15.9. The van der Waals surface area contributed by atoms with E-state index in [0.29, 0.717) is 23.5 Å². The number of non-ortho nitro benzene ring substituents is 1. The van der Waals surface area contributed by atoms with Crippen LogP contribution in [0.15, 0.2) is 54.1 Å². The van der Waals surface area contributed by atoms with Gasteiger partial charge in [-0.25, -0.2) is 0 Å². The van der Waals surface area contributed by atoms with Crippen molar-refractivity contribution in [3.63, 3.8) is 0 Å². The Morgan fingerprint density at radius 3 is 2.52 bits per heavy atom. The van der Waals surface area contributed by atoms with Crippen molar-refractivity contribution in [1.82, 2.24) is 4.90 Å². The molecule has 0 spiro atoms. The SMILES string of the molecule is CCOc1ccc(/C(O)=C2\C(=O)C(=O)N(CCOCCO)[C@H]2c2cccc([N+](=O)[O-])c2)cc1.